The third-order valence-corrected chi connectivity index (χ3v) is 6.79. The van der Waals surface area contributed by atoms with Gasteiger partial charge in [0.15, 0.2) is 0 Å². The zero-order valence-corrected chi connectivity index (χ0v) is 18.4. The van der Waals surface area contributed by atoms with Gasteiger partial charge >= 0.3 is 0 Å². The van der Waals surface area contributed by atoms with Crippen LogP contribution in [0.2, 0.25) is 0 Å². The number of benzene rings is 1. The molecule has 33 heavy (non-hydrogen) atoms. The molecule has 4 N–H and O–H groups in total. The molecule has 0 saturated carbocycles. The van der Waals surface area contributed by atoms with Crippen LogP contribution in [-0.2, 0) is 29.1 Å². The van der Waals surface area contributed by atoms with Crippen molar-refractivity contribution in [2.24, 2.45) is 0 Å². The topological polar surface area (TPSA) is 112 Å². The van der Waals surface area contributed by atoms with Crippen molar-refractivity contribution in [3.05, 3.63) is 41.5 Å². The molecule has 0 spiro atoms. The molecule has 9 nitrogen and oxygen atoms in total. The lowest BCUT2D eigenvalue weighted by molar-refractivity contribution is -0.133. The number of hydrogen-bond donors (Lipinski definition) is 4. The molecular weight excluding hydrogens is 427 g/mol. The highest BCUT2D eigenvalue weighted by atomic mass is 19.1. The van der Waals surface area contributed by atoms with Gasteiger partial charge in [0.2, 0.25) is 11.8 Å². The minimum atomic E-state index is -0.849. The maximum absolute atomic E-state index is 14.9. The first kappa shape index (κ1) is 21.8. The average molecular weight is 457 g/mol. The number of amides is 2. The van der Waals surface area contributed by atoms with E-state index in [1.54, 1.807) is 12.1 Å². The Hall–Kier alpha value is -2.98. The summed E-state index contributed by atoms with van der Waals surface area (Å²) in [6.45, 7) is 3.63. The fraction of sp³-hybridized carbons (Fsp3) is 0.522. The Morgan fingerprint density at radius 1 is 1.21 bits per heavy atom. The van der Waals surface area contributed by atoms with E-state index in [2.05, 4.69) is 27.1 Å². The normalized spacial score (nSPS) is 22.6. The van der Waals surface area contributed by atoms with Crippen molar-refractivity contribution in [3.63, 3.8) is 0 Å². The van der Waals surface area contributed by atoms with Crippen LogP contribution in [0.4, 0.5) is 15.8 Å². The molecule has 0 aliphatic carbocycles. The summed E-state index contributed by atoms with van der Waals surface area (Å²) >= 11 is 0. The Labute approximate surface area is 191 Å². The lowest BCUT2D eigenvalue weighted by atomic mass is 9.86. The molecule has 176 valence electrons. The van der Waals surface area contributed by atoms with Crippen LogP contribution in [0.15, 0.2) is 24.3 Å². The van der Waals surface area contributed by atoms with E-state index in [1.807, 2.05) is 9.58 Å². The fourth-order valence-corrected chi connectivity index (χ4v) is 4.90. The lowest BCUT2D eigenvalue weighted by Crippen LogP contribution is -2.47. The minimum Gasteiger partial charge on any atom is -0.389 e. The minimum absolute atomic E-state index is 0.263. The highest BCUT2D eigenvalue weighted by molar-refractivity contribution is 6.01. The van der Waals surface area contributed by atoms with Crippen LogP contribution in [0.25, 0.3) is 0 Å². The number of anilines is 2. The van der Waals surface area contributed by atoms with Gasteiger partial charge in [0, 0.05) is 44.7 Å². The summed E-state index contributed by atoms with van der Waals surface area (Å²) in [7, 11) is 0. The van der Waals surface area contributed by atoms with Crippen LogP contribution in [0, 0.1) is 5.82 Å². The van der Waals surface area contributed by atoms with E-state index in [-0.39, 0.29) is 24.1 Å². The van der Waals surface area contributed by atoms with E-state index in [0.717, 1.165) is 31.0 Å². The van der Waals surface area contributed by atoms with Gasteiger partial charge in [0.1, 0.15) is 11.9 Å². The number of nitrogens with one attached hydrogen (secondary N) is 3. The van der Waals surface area contributed by atoms with Gasteiger partial charge in [-0.3, -0.25) is 19.6 Å². The molecule has 0 bridgehead atoms. The van der Waals surface area contributed by atoms with Gasteiger partial charge in [-0.2, -0.15) is 5.10 Å². The molecule has 2 amide bonds. The van der Waals surface area contributed by atoms with Gasteiger partial charge in [-0.1, -0.05) is 0 Å². The number of rotatable bonds is 5. The number of aliphatic hydroxyl groups is 1. The van der Waals surface area contributed by atoms with E-state index < -0.39 is 11.6 Å². The van der Waals surface area contributed by atoms with Crippen molar-refractivity contribution in [3.8, 4) is 0 Å². The largest absolute Gasteiger partial charge is 0.389 e. The van der Waals surface area contributed by atoms with Crippen LogP contribution in [0.1, 0.15) is 37.1 Å². The van der Waals surface area contributed by atoms with E-state index in [0.29, 0.717) is 50.1 Å². The number of aromatic nitrogens is 2. The number of piperidine rings is 2. The predicted octanol–water partition coefficient (Wildman–Crippen LogP) is 0.917. The SMILES string of the molecule is O=C1CCC(Nc2ccc(N3CCC(O)(Cc4cc5n(n4)CCNC5)CC3)c(F)c2)C(=O)N1. The van der Waals surface area contributed by atoms with Crippen LogP contribution in [0.5, 0.6) is 0 Å². The molecular formula is C23H29FN6O3. The highest BCUT2D eigenvalue weighted by Gasteiger charge is 2.34. The van der Waals surface area contributed by atoms with Gasteiger partial charge in [-0.05, 0) is 43.5 Å². The fourth-order valence-electron chi connectivity index (χ4n) is 4.90. The number of carbonyl (C=O) groups excluding carboxylic acids is 2. The van der Waals surface area contributed by atoms with Crippen molar-refractivity contribution < 1.29 is 19.1 Å². The number of nitrogens with zero attached hydrogens (tertiary/aromatic N) is 3. The van der Waals surface area contributed by atoms with Gasteiger partial charge in [0.25, 0.3) is 0 Å². The summed E-state index contributed by atoms with van der Waals surface area (Å²) in [6.07, 6.45) is 2.21. The van der Waals surface area contributed by atoms with Gasteiger partial charge in [-0.25, -0.2) is 4.39 Å². The smallest absolute Gasteiger partial charge is 0.249 e. The summed E-state index contributed by atoms with van der Waals surface area (Å²) in [6, 6.07) is 6.33. The standard InChI is InChI=1S/C23H29FN6O3/c24-18-12-15(26-19-2-4-21(31)27-22(19)32)1-3-20(18)29-8-5-23(33,6-9-29)13-16-11-17-14-25-7-10-30(17)28-16/h1,3,11-12,19,25-26,33H,2,4-10,13-14H2,(H,27,31,32). The Morgan fingerprint density at radius 2 is 2.03 bits per heavy atom. The van der Waals surface area contributed by atoms with Gasteiger partial charge in [-0.15, -0.1) is 0 Å². The van der Waals surface area contributed by atoms with Crippen LogP contribution in [0.3, 0.4) is 0 Å². The van der Waals surface area contributed by atoms with Crippen molar-refractivity contribution >= 4 is 23.2 Å². The third kappa shape index (κ3) is 4.72. The third-order valence-electron chi connectivity index (χ3n) is 6.79. The lowest BCUT2D eigenvalue weighted by Gasteiger charge is -2.39. The second kappa shape index (κ2) is 8.75. The summed E-state index contributed by atoms with van der Waals surface area (Å²) < 4.78 is 16.9. The van der Waals surface area contributed by atoms with E-state index >= 15 is 0 Å². The second-order valence-corrected chi connectivity index (χ2v) is 9.23. The molecule has 2 aromatic rings. The average Bonchev–Trinajstić information content (AvgIpc) is 3.18. The molecule has 3 aliphatic heterocycles. The molecule has 3 aliphatic rings. The van der Waals surface area contributed by atoms with Crippen LogP contribution < -0.4 is 20.9 Å². The molecule has 2 saturated heterocycles. The summed E-state index contributed by atoms with van der Waals surface area (Å²) in [5.74, 6) is -1.05. The quantitative estimate of drug-likeness (QED) is 0.495. The predicted molar refractivity (Wildman–Crippen MR) is 120 cm³/mol. The van der Waals surface area contributed by atoms with Crippen molar-refractivity contribution in [2.45, 2.75) is 56.8 Å². The Morgan fingerprint density at radius 3 is 2.76 bits per heavy atom. The van der Waals surface area contributed by atoms with Crippen molar-refractivity contribution in [1.29, 1.82) is 0 Å². The summed E-state index contributed by atoms with van der Waals surface area (Å²) in [5, 5.41) is 24.4. The zero-order chi connectivity index (χ0) is 23.0. The molecule has 1 aromatic carbocycles. The second-order valence-electron chi connectivity index (χ2n) is 9.23. The first-order valence-electron chi connectivity index (χ1n) is 11.5. The van der Waals surface area contributed by atoms with Crippen LogP contribution >= 0.6 is 0 Å². The summed E-state index contributed by atoms with van der Waals surface area (Å²) in [4.78, 5) is 25.2. The number of hydrogen-bond acceptors (Lipinski definition) is 7. The molecule has 1 atom stereocenters. The number of halogens is 1. The Bertz CT molecular complexity index is 1040. The molecule has 4 heterocycles. The molecule has 1 aromatic heterocycles. The number of imide groups is 1. The zero-order valence-electron chi connectivity index (χ0n) is 18.4. The molecule has 5 rings (SSSR count). The van der Waals surface area contributed by atoms with E-state index in [9.17, 15) is 19.1 Å². The monoisotopic (exact) mass is 456 g/mol. The Kier molecular flexibility index (Phi) is 5.79. The maximum Gasteiger partial charge on any atom is 0.249 e. The molecule has 0 radical (unpaired) electrons. The maximum atomic E-state index is 14.9. The summed E-state index contributed by atoms with van der Waals surface area (Å²) in [5.41, 5.74) is 2.18. The van der Waals surface area contributed by atoms with Gasteiger partial charge in [0.05, 0.1) is 29.2 Å². The van der Waals surface area contributed by atoms with Gasteiger partial charge < -0.3 is 20.6 Å². The Balaban J connectivity index is 1.19. The first-order chi connectivity index (χ1) is 15.9. The number of fused-ring (bicyclic) bond motifs is 1. The molecule has 10 heteroatoms. The number of carbonyl (C=O) groups is 2. The van der Waals surface area contributed by atoms with E-state index in [4.69, 9.17) is 0 Å². The van der Waals surface area contributed by atoms with Crippen molar-refractivity contribution in [1.82, 2.24) is 20.4 Å². The molecule has 2 fully saturated rings. The van der Waals surface area contributed by atoms with E-state index in [1.165, 1.54) is 6.07 Å². The van der Waals surface area contributed by atoms with Crippen LogP contribution in [-0.4, -0.2) is 58.0 Å². The van der Waals surface area contributed by atoms with Crippen molar-refractivity contribution in [2.75, 3.05) is 29.9 Å². The first-order valence-corrected chi connectivity index (χ1v) is 11.5. The molecule has 1 unspecified atom stereocenters. The highest BCUT2D eigenvalue weighted by Crippen LogP contribution is 2.32.